The number of aliphatic imine (C=N–C) groups is 1. The lowest BCUT2D eigenvalue weighted by Crippen LogP contribution is -2.53. The van der Waals surface area contributed by atoms with Crippen molar-refractivity contribution in [3.63, 3.8) is 0 Å². The van der Waals surface area contributed by atoms with E-state index in [9.17, 15) is 4.79 Å². The fourth-order valence-electron chi connectivity index (χ4n) is 3.50. The summed E-state index contributed by atoms with van der Waals surface area (Å²) >= 11 is 0. The molecular formula is C19H36IN3O4. The molecule has 8 heteroatoms. The predicted octanol–water partition coefficient (Wildman–Crippen LogP) is 2.57. The molecule has 2 aliphatic heterocycles. The van der Waals surface area contributed by atoms with Gasteiger partial charge in [0.25, 0.3) is 0 Å². The van der Waals surface area contributed by atoms with Crippen LogP contribution in [-0.4, -0.2) is 75.5 Å². The van der Waals surface area contributed by atoms with Crippen molar-refractivity contribution in [2.24, 2.45) is 4.99 Å². The fraction of sp³-hybridized carbons (Fsp3) is 0.895. The number of nitrogens with zero attached hydrogens (tertiary/aromatic N) is 2. The SMILES string of the molecule is CCOC(=O)CCCCCCNC(=NC)N1CCOC(C2CCCO2)C1.I. The van der Waals surface area contributed by atoms with Gasteiger partial charge in [0.2, 0.25) is 0 Å². The summed E-state index contributed by atoms with van der Waals surface area (Å²) in [5, 5.41) is 3.46. The van der Waals surface area contributed by atoms with Gasteiger partial charge >= 0.3 is 5.97 Å². The Morgan fingerprint density at radius 2 is 1.96 bits per heavy atom. The Kier molecular flexibility index (Phi) is 13.0. The van der Waals surface area contributed by atoms with Crippen LogP contribution in [0.1, 0.15) is 51.9 Å². The van der Waals surface area contributed by atoms with E-state index < -0.39 is 0 Å². The van der Waals surface area contributed by atoms with Crippen LogP contribution in [0.3, 0.4) is 0 Å². The first-order valence-corrected chi connectivity index (χ1v) is 10.1. The van der Waals surface area contributed by atoms with Gasteiger partial charge in [-0.25, -0.2) is 0 Å². The summed E-state index contributed by atoms with van der Waals surface area (Å²) in [6, 6.07) is 0. The van der Waals surface area contributed by atoms with E-state index >= 15 is 0 Å². The van der Waals surface area contributed by atoms with Gasteiger partial charge in [-0.3, -0.25) is 9.79 Å². The van der Waals surface area contributed by atoms with E-state index in [4.69, 9.17) is 14.2 Å². The molecule has 27 heavy (non-hydrogen) atoms. The molecule has 2 atom stereocenters. The molecule has 2 saturated heterocycles. The van der Waals surface area contributed by atoms with Crippen molar-refractivity contribution in [2.45, 2.75) is 64.1 Å². The van der Waals surface area contributed by atoms with Crippen molar-refractivity contribution >= 4 is 35.9 Å². The van der Waals surface area contributed by atoms with Gasteiger partial charge < -0.3 is 24.4 Å². The van der Waals surface area contributed by atoms with Gasteiger partial charge in [0.1, 0.15) is 6.10 Å². The maximum atomic E-state index is 11.3. The van der Waals surface area contributed by atoms with E-state index in [2.05, 4.69) is 15.2 Å². The Balaban J connectivity index is 0.00000364. The Bertz CT molecular complexity index is 445. The number of carbonyl (C=O) groups is 1. The monoisotopic (exact) mass is 497 g/mol. The zero-order valence-corrected chi connectivity index (χ0v) is 19.1. The third kappa shape index (κ3) is 8.95. The Labute approximate surface area is 180 Å². The van der Waals surface area contributed by atoms with Gasteiger partial charge in [-0.1, -0.05) is 12.8 Å². The van der Waals surface area contributed by atoms with Crippen LogP contribution in [0.4, 0.5) is 0 Å². The van der Waals surface area contributed by atoms with Crippen molar-refractivity contribution in [3.05, 3.63) is 0 Å². The van der Waals surface area contributed by atoms with Gasteiger partial charge in [0.15, 0.2) is 5.96 Å². The highest BCUT2D eigenvalue weighted by Gasteiger charge is 2.32. The molecule has 7 nitrogen and oxygen atoms in total. The molecule has 0 aliphatic carbocycles. The Morgan fingerprint density at radius 1 is 1.19 bits per heavy atom. The second kappa shape index (κ2) is 14.4. The van der Waals surface area contributed by atoms with Gasteiger partial charge in [-0.05, 0) is 32.6 Å². The van der Waals surface area contributed by atoms with Crippen LogP contribution in [-0.2, 0) is 19.0 Å². The largest absolute Gasteiger partial charge is 0.466 e. The lowest BCUT2D eigenvalue weighted by Gasteiger charge is -2.37. The van der Waals surface area contributed by atoms with Gasteiger partial charge in [-0.15, -0.1) is 24.0 Å². The molecular weight excluding hydrogens is 461 g/mol. The average molecular weight is 497 g/mol. The van der Waals surface area contributed by atoms with Crippen LogP contribution in [0.15, 0.2) is 4.99 Å². The summed E-state index contributed by atoms with van der Waals surface area (Å²) in [5.41, 5.74) is 0. The molecule has 2 heterocycles. The van der Waals surface area contributed by atoms with Gasteiger partial charge in [0, 0.05) is 39.7 Å². The fourth-order valence-corrected chi connectivity index (χ4v) is 3.50. The molecule has 2 unspecified atom stereocenters. The molecule has 2 fully saturated rings. The van der Waals surface area contributed by atoms with Crippen LogP contribution in [0.5, 0.6) is 0 Å². The molecule has 158 valence electrons. The van der Waals surface area contributed by atoms with E-state index in [-0.39, 0.29) is 42.2 Å². The number of halogens is 1. The molecule has 0 aromatic rings. The second-order valence-corrected chi connectivity index (χ2v) is 6.85. The van der Waals surface area contributed by atoms with Gasteiger partial charge in [-0.2, -0.15) is 0 Å². The van der Waals surface area contributed by atoms with Crippen molar-refractivity contribution in [1.82, 2.24) is 10.2 Å². The summed E-state index contributed by atoms with van der Waals surface area (Å²) in [6.45, 7) is 6.48. The minimum atomic E-state index is -0.0841. The first kappa shape index (κ1) is 24.4. The van der Waals surface area contributed by atoms with E-state index in [0.29, 0.717) is 13.0 Å². The predicted molar refractivity (Wildman–Crippen MR) is 117 cm³/mol. The van der Waals surface area contributed by atoms with Crippen molar-refractivity contribution in [1.29, 1.82) is 0 Å². The molecule has 2 aliphatic rings. The highest BCUT2D eigenvalue weighted by Crippen LogP contribution is 2.21. The maximum Gasteiger partial charge on any atom is 0.305 e. The molecule has 1 N–H and O–H groups in total. The number of guanidine groups is 1. The van der Waals surface area contributed by atoms with Crippen molar-refractivity contribution < 1.29 is 19.0 Å². The second-order valence-electron chi connectivity index (χ2n) is 6.85. The summed E-state index contributed by atoms with van der Waals surface area (Å²) in [6.07, 6.45) is 7.26. The summed E-state index contributed by atoms with van der Waals surface area (Å²) in [5.74, 6) is 0.863. The number of carbonyl (C=O) groups excluding carboxylic acids is 1. The lowest BCUT2D eigenvalue weighted by molar-refractivity contribution is -0.143. The lowest BCUT2D eigenvalue weighted by atomic mass is 10.1. The summed E-state index contributed by atoms with van der Waals surface area (Å²) in [7, 11) is 1.83. The molecule has 0 amide bonds. The quantitative estimate of drug-likeness (QED) is 0.174. The van der Waals surface area contributed by atoms with Crippen LogP contribution in [0, 0.1) is 0 Å². The Morgan fingerprint density at radius 3 is 2.67 bits per heavy atom. The van der Waals surface area contributed by atoms with E-state index in [1.165, 1.54) is 0 Å². The number of esters is 1. The number of rotatable bonds is 9. The molecule has 2 rings (SSSR count). The number of morpholine rings is 1. The molecule has 0 saturated carbocycles. The smallest absolute Gasteiger partial charge is 0.305 e. The highest BCUT2D eigenvalue weighted by molar-refractivity contribution is 14.0. The van der Waals surface area contributed by atoms with E-state index in [1.807, 2.05) is 14.0 Å². The third-order valence-corrected chi connectivity index (χ3v) is 4.88. The molecule has 0 spiro atoms. The maximum absolute atomic E-state index is 11.3. The standard InChI is InChI=1S/C19H35N3O4.HI/c1-3-24-18(23)10-6-4-5-7-11-21-19(20-2)22-12-14-26-17(15-22)16-9-8-13-25-16;/h16-17H,3-15H2,1-2H3,(H,20,21);1H. The number of nitrogens with one attached hydrogen (secondary N) is 1. The van der Waals surface area contributed by atoms with Crippen LogP contribution < -0.4 is 5.32 Å². The summed E-state index contributed by atoms with van der Waals surface area (Å²) < 4.78 is 16.6. The van der Waals surface area contributed by atoms with Crippen LogP contribution >= 0.6 is 24.0 Å². The average Bonchev–Trinajstić information content (AvgIpc) is 3.19. The molecule has 0 radical (unpaired) electrons. The minimum Gasteiger partial charge on any atom is -0.466 e. The zero-order chi connectivity index (χ0) is 18.6. The molecule has 0 aromatic carbocycles. The van der Waals surface area contributed by atoms with E-state index in [0.717, 1.165) is 77.3 Å². The van der Waals surface area contributed by atoms with Crippen LogP contribution in [0.25, 0.3) is 0 Å². The molecule has 0 bridgehead atoms. The summed E-state index contributed by atoms with van der Waals surface area (Å²) in [4.78, 5) is 18.0. The van der Waals surface area contributed by atoms with Gasteiger partial charge in [0.05, 0.1) is 19.3 Å². The third-order valence-electron chi connectivity index (χ3n) is 4.88. The zero-order valence-electron chi connectivity index (χ0n) is 16.8. The van der Waals surface area contributed by atoms with Crippen LogP contribution in [0.2, 0.25) is 0 Å². The molecule has 0 aromatic heterocycles. The first-order chi connectivity index (χ1) is 12.7. The first-order valence-electron chi connectivity index (χ1n) is 10.1. The number of hydrogen-bond donors (Lipinski definition) is 1. The Hall–Kier alpha value is -0.610. The highest BCUT2D eigenvalue weighted by atomic mass is 127. The van der Waals surface area contributed by atoms with E-state index in [1.54, 1.807) is 0 Å². The topological polar surface area (TPSA) is 72.4 Å². The number of hydrogen-bond acceptors (Lipinski definition) is 5. The normalized spacial score (nSPS) is 23.0. The number of unbranched alkanes of at least 4 members (excludes halogenated alkanes) is 3. The number of ether oxygens (including phenoxy) is 3. The van der Waals surface area contributed by atoms with Crippen molar-refractivity contribution in [3.8, 4) is 0 Å². The van der Waals surface area contributed by atoms with Crippen molar-refractivity contribution in [2.75, 3.05) is 46.5 Å². The minimum absolute atomic E-state index is 0.